The fourth-order valence-corrected chi connectivity index (χ4v) is 3.99. The molecule has 0 spiro atoms. The largest absolute Gasteiger partial charge is 0.481 e. The zero-order valence-corrected chi connectivity index (χ0v) is 14.2. The van der Waals surface area contributed by atoms with Crippen LogP contribution in [0.2, 0.25) is 0 Å². The number of carboxylic acid groups (broad SMARTS) is 1. The molecule has 1 aromatic heterocycles. The van der Waals surface area contributed by atoms with Crippen molar-refractivity contribution in [2.45, 2.75) is 31.5 Å². The summed E-state index contributed by atoms with van der Waals surface area (Å²) < 4.78 is 5.66. The van der Waals surface area contributed by atoms with Gasteiger partial charge >= 0.3 is 5.97 Å². The van der Waals surface area contributed by atoms with E-state index in [1.54, 1.807) is 12.4 Å². The molecule has 6 heteroatoms. The van der Waals surface area contributed by atoms with Crippen molar-refractivity contribution in [3.63, 3.8) is 0 Å². The van der Waals surface area contributed by atoms with Gasteiger partial charge in [-0.05, 0) is 54.7 Å². The molecule has 2 N–H and O–H groups in total. The first kappa shape index (κ1) is 16.7. The van der Waals surface area contributed by atoms with Crippen LogP contribution in [-0.2, 0) is 20.7 Å². The molecule has 1 amide bonds. The number of aliphatic carboxylic acids is 1. The van der Waals surface area contributed by atoms with Gasteiger partial charge in [-0.15, -0.1) is 0 Å². The zero-order chi connectivity index (χ0) is 18.1. The minimum Gasteiger partial charge on any atom is -0.481 e. The van der Waals surface area contributed by atoms with Gasteiger partial charge in [0.2, 0.25) is 5.91 Å². The van der Waals surface area contributed by atoms with Gasteiger partial charge in [0, 0.05) is 18.1 Å². The Balaban J connectivity index is 1.42. The molecule has 2 aliphatic rings. The molecule has 0 aliphatic carbocycles. The highest BCUT2D eigenvalue weighted by Gasteiger charge is 2.55. The van der Waals surface area contributed by atoms with E-state index in [2.05, 4.69) is 10.3 Å². The Bertz CT molecular complexity index is 806. The molecule has 4 atom stereocenters. The average molecular weight is 352 g/mol. The predicted molar refractivity (Wildman–Crippen MR) is 94.6 cm³/mol. The van der Waals surface area contributed by atoms with Gasteiger partial charge in [0.25, 0.3) is 0 Å². The second-order valence-corrected chi connectivity index (χ2v) is 6.90. The first-order valence-electron chi connectivity index (χ1n) is 8.79. The van der Waals surface area contributed by atoms with Gasteiger partial charge in [-0.3, -0.25) is 14.6 Å². The third-order valence-electron chi connectivity index (χ3n) is 5.24. The topological polar surface area (TPSA) is 88.5 Å². The van der Waals surface area contributed by atoms with Crippen LogP contribution < -0.4 is 5.32 Å². The van der Waals surface area contributed by atoms with Gasteiger partial charge in [0.1, 0.15) is 0 Å². The highest BCUT2D eigenvalue weighted by Crippen LogP contribution is 2.44. The Hall–Kier alpha value is -2.73. The molecule has 3 heterocycles. The van der Waals surface area contributed by atoms with Gasteiger partial charge in [-0.25, -0.2) is 0 Å². The number of carboxylic acids is 1. The van der Waals surface area contributed by atoms with E-state index in [1.807, 2.05) is 36.4 Å². The Labute approximate surface area is 151 Å². The second kappa shape index (κ2) is 6.88. The maximum atomic E-state index is 12.6. The molecule has 26 heavy (non-hydrogen) atoms. The van der Waals surface area contributed by atoms with E-state index < -0.39 is 17.8 Å². The van der Waals surface area contributed by atoms with E-state index in [0.717, 1.165) is 24.8 Å². The number of nitrogens with one attached hydrogen (secondary N) is 1. The zero-order valence-electron chi connectivity index (χ0n) is 14.2. The molecular weight excluding hydrogens is 332 g/mol. The Morgan fingerprint density at radius 2 is 1.62 bits per heavy atom. The fraction of sp³-hybridized carbons (Fsp3) is 0.350. The Kier molecular flexibility index (Phi) is 4.42. The number of rotatable bonds is 5. The van der Waals surface area contributed by atoms with Crippen molar-refractivity contribution in [3.05, 3.63) is 59.9 Å². The van der Waals surface area contributed by atoms with Crippen molar-refractivity contribution in [3.8, 4) is 0 Å². The maximum Gasteiger partial charge on any atom is 0.310 e. The van der Waals surface area contributed by atoms with Gasteiger partial charge < -0.3 is 15.2 Å². The minimum absolute atomic E-state index is 0.272. The first-order valence-corrected chi connectivity index (χ1v) is 8.79. The highest BCUT2D eigenvalue weighted by molar-refractivity contribution is 5.96. The summed E-state index contributed by atoms with van der Waals surface area (Å²) in [6.07, 6.45) is 5.16. The maximum absolute atomic E-state index is 12.6. The van der Waals surface area contributed by atoms with Crippen molar-refractivity contribution in [1.82, 2.24) is 4.98 Å². The van der Waals surface area contributed by atoms with Gasteiger partial charge in [-0.1, -0.05) is 12.1 Å². The van der Waals surface area contributed by atoms with Crippen LogP contribution in [0.1, 0.15) is 24.0 Å². The number of amides is 1. The summed E-state index contributed by atoms with van der Waals surface area (Å²) in [7, 11) is 0. The molecule has 2 aromatic rings. The molecule has 0 saturated carbocycles. The van der Waals surface area contributed by atoms with Crippen molar-refractivity contribution in [2.24, 2.45) is 11.8 Å². The summed E-state index contributed by atoms with van der Waals surface area (Å²) in [5, 5.41) is 12.3. The lowest BCUT2D eigenvalue weighted by Gasteiger charge is -2.23. The molecule has 1 aromatic carbocycles. The van der Waals surface area contributed by atoms with Crippen LogP contribution in [0, 0.1) is 11.8 Å². The molecule has 2 fully saturated rings. The number of anilines is 1. The van der Waals surface area contributed by atoms with E-state index in [1.165, 1.54) is 5.56 Å². The monoisotopic (exact) mass is 352 g/mol. The summed E-state index contributed by atoms with van der Waals surface area (Å²) in [6, 6.07) is 11.5. The van der Waals surface area contributed by atoms with Crippen molar-refractivity contribution < 1.29 is 19.4 Å². The van der Waals surface area contributed by atoms with Crippen LogP contribution in [0.15, 0.2) is 48.8 Å². The fourth-order valence-electron chi connectivity index (χ4n) is 3.99. The van der Waals surface area contributed by atoms with Crippen LogP contribution >= 0.6 is 0 Å². The number of aromatic nitrogens is 1. The number of pyridine rings is 1. The smallest absolute Gasteiger partial charge is 0.310 e. The summed E-state index contributed by atoms with van der Waals surface area (Å²) in [6.45, 7) is 0. The first-order chi connectivity index (χ1) is 12.6. The van der Waals surface area contributed by atoms with Crippen LogP contribution in [-0.4, -0.2) is 34.2 Å². The molecule has 6 nitrogen and oxygen atoms in total. The molecule has 0 unspecified atom stereocenters. The summed E-state index contributed by atoms with van der Waals surface area (Å²) in [5.74, 6) is -2.60. The number of fused-ring (bicyclic) bond motifs is 2. The molecule has 2 aliphatic heterocycles. The molecular formula is C20H20N2O4. The van der Waals surface area contributed by atoms with Gasteiger partial charge in [-0.2, -0.15) is 0 Å². The predicted octanol–water partition coefficient (Wildman–Crippen LogP) is 2.49. The number of carbonyl (C=O) groups is 2. The van der Waals surface area contributed by atoms with Crippen LogP contribution in [0.4, 0.5) is 5.69 Å². The normalized spacial score (nSPS) is 26.6. The van der Waals surface area contributed by atoms with Crippen LogP contribution in [0.3, 0.4) is 0 Å². The van der Waals surface area contributed by atoms with Crippen LogP contribution in [0.25, 0.3) is 0 Å². The Morgan fingerprint density at radius 1 is 1.00 bits per heavy atom. The summed E-state index contributed by atoms with van der Waals surface area (Å²) in [4.78, 5) is 28.2. The van der Waals surface area contributed by atoms with E-state index >= 15 is 0 Å². The lowest BCUT2D eigenvalue weighted by atomic mass is 9.78. The SMILES string of the molecule is O=C(O)[C@H]1[C@H](C(=O)Nc2ccc(Cc3ccncc3)cc2)[C@H]2CC[C@H]1O2. The van der Waals surface area contributed by atoms with Gasteiger partial charge in [0.15, 0.2) is 0 Å². The summed E-state index contributed by atoms with van der Waals surface area (Å²) in [5.41, 5.74) is 2.96. The van der Waals surface area contributed by atoms with Gasteiger partial charge in [0.05, 0.1) is 24.0 Å². The third kappa shape index (κ3) is 3.20. The van der Waals surface area contributed by atoms with Crippen molar-refractivity contribution in [2.75, 3.05) is 5.32 Å². The lowest BCUT2D eigenvalue weighted by molar-refractivity contribution is -0.147. The highest BCUT2D eigenvalue weighted by atomic mass is 16.5. The molecule has 4 rings (SSSR count). The van der Waals surface area contributed by atoms with E-state index in [-0.39, 0.29) is 18.1 Å². The number of nitrogens with zero attached hydrogens (tertiary/aromatic N) is 1. The average Bonchev–Trinajstić information content (AvgIpc) is 3.25. The molecule has 2 saturated heterocycles. The summed E-state index contributed by atoms with van der Waals surface area (Å²) >= 11 is 0. The third-order valence-corrected chi connectivity index (χ3v) is 5.24. The molecule has 0 radical (unpaired) electrons. The molecule has 2 bridgehead atoms. The number of ether oxygens (including phenoxy) is 1. The van der Waals surface area contributed by atoms with E-state index in [0.29, 0.717) is 5.69 Å². The number of hydrogen-bond acceptors (Lipinski definition) is 4. The Morgan fingerprint density at radius 3 is 2.27 bits per heavy atom. The minimum atomic E-state index is -0.954. The van der Waals surface area contributed by atoms with Crippen molar-refractivity contribution >= 4 is 17.6 Å². The van der Waals surface area contributed by atoms with Crippen LogP contribution in [0.5, 0.6) is 0 Å². The van der Waals surface area contributed by atoms with E-state index in [9.17, 15) is 14.7 Å². The lowest BCUT2D eigenvalue weighted by Crippen LogP contribution is -2.40. The quantitative estimate of drug-likeness (QED) is 0.863. The van der Waals surface area contributed by atoms with Crippen molar-refractivity contribution in [1.29, 1.82) is 0 Å². The molecule has 134 valence electrons. The number of hydrogen-bond donors (Lipinski definition) is 2. The van der Waals surface area contributed by atoms with E-state index in [4.69, 9.17) is 4.74 Å². The number of carbonyl (C=O) groups excluding carboxylic acids is 1. The number of benzene rings is 1. The second-order valence-electron chi connectivity index (χ2n) is 6.90. The standard InChI is InChI=1S/C20H20N2O4/c23-19(17-15-5-6-16(26-15)18(17)20(24)25)22-14-3-1-12(2-4-14)11-13-7-9-21-10-8-13/h1-4,7-10,15-18H,5-6,11H2,(H,22,23)(H,24,25)/t15-,16-,17-,18-/m1/s1.